The number of nitrogens with zero attached hydrogens (tertiary/aromatic N) is 2. The molecule has 0 unspecified atom stereocenters. The molecule has 1 aliphatic heterocycles. The number of piperidine rings is 1. The van der Waals surface area contributed by atoms with E-state index in [0.29, 0.717) is 28.9 Å². The Balaban J connectivity index is 2.03. The number of methoxy groups -OCH3 is 1. The zero-order valence-corrected chi connectivity index (χ0v) is 12.1. The first-order valence-electron chi connectivity index (χ1n) is 6.48. The van der Waals surface area contributed by atoms with Crippen LogP contribution in [-0.4, -0.2) is 48.6 Å². The summed E-state index contributed by atoms with van der Waals surface area (Å²) in [4.78, 5) is 18.9. The molecule has 6 nitrogen and oxygen atoms in total. The first-order valence-corrected chi connectivity index (χ1v) is 7.29. The number of amides is 1. The minimum absolute atomic E-state index is 0.0197. The lowest BCUT2D eigenvalue weighted by Gasteiger charge is -2.30. The van der Waals surface area contributed by atoms with Gasteiger partial charge in [0.05, 0.1) is 6.10 Å². The minimum Gasteiger partial charge on any atom is -0.382 e. The van der Waals surface area contributed by atoms with Crippen LogP contribution in [-0.2, 0) is 4.74 Å². The van der Waals surface area contributed by atoms with Crippen molar-refractivity contribution in [2.24, 2.45) is 0 Å². The number of hydrogen-bond donors (Lipinski definition) is 2. The molecule has 0 radical (unpaired) electrons. The lowest BCUT2D eigenvalue weighted by atomic mass is 10.1. The quantitative estimate of drug-likeness (QED) is 0.873. The Hall–Kier alpha value is -1.34. The van der Waals surface area contributed by atoms with E-state index in [0.717, 1.165) is 19.4 Å². The number of likely N-dealkylation sites (tertiary alicyclic amines) is 1. The predicted octanol–water partition coefficient (Wildman–Crippen LogP) is 1.41. The second-order valence-electron chi connectivity index (χ2n) is 4.49. The van der Waals surface area contributed by atoms with Crippen molar-refractivity contribution < 1.29 is 9.53 Å². The Morgan fingerprint density at radius 3 is 2.84 bits per heavy atom. The van der Waals surface area contributed by atoms with E-state index in [1.54, 1.807) is 7.11 Å². The molecule has 19 heavy (non-hydrogen) atoms. The Labute approximate surface area is 116 Å². The fraction of sp³-hybridized carbons (Fsp3) is 0.667. The van der Waals surface area contributed by atoms with Crippen LogP contribution in [0.15, 0.2) is 0 Å². The summed E-state index contributed by atoms with van der Waals surface area (Å²) in [6, 6.07) is 0. The van der Waals surface area contributed by atoms with Gasteiger partial charge >= 0.3 is 0 Å². The first kappa shape index (κ1) is 14.1. The van der Waals surface area contributed by atoms with Crippen molar-refractivity contribution in [2.75, 3.05) is 37.8 Å². The molecule has 0 aromatic carbocycles. The third-order valence-corrected chi connectivity index (χ3v) is 4.26. The van der Waals surface area contributed by atoms with Crippen LogP contribution in [0.25, 0.3) is 0 Å². The molecule has 1 aliphatic rings. The fourth-order valence-corrected chi connectivity index (χ4v) is 3.07. The molecule has 1 amide bonds. The van der Waals surface area contributed by atoms with E-state index in [1.807, 2.05) is 11.8 Å². The van der Waals surface area contributed by atoms with Gasteiger partial charge in [-0.3, -0.25) is 4.79 Å². The molecule has 0 aliphatic carbocycles. The van der Waals surface area contributed by atoms with Crippen molar-refractivity contribution in [1.82, 2.24) is 9.88 Å². The third kappa shape index (κ3) is 3.16. The number of carbonyl (C=O) groups excluding carboxylic acids is 1. The Morgan fingerprint density at radius 1 is 1.58 bits per heavy atom. The average Bonchev–Trinajstić information content (AvgIpc) is 2.79. The number of anilines is 2. The van der Waals surface area contributed by atoms with Crippen LogP contribution in [0.2, 0.25) is 0 Å². The van der Waals surface area contributed by atoms with Gasteiger partial charge in [-0.05, 0) is 19.8 Å². The summed E-state index contributed by atoms with van der Waals surface area (Å²) in [6.45, 7) is 4.17. The largest absolute Gasteiger partial charge is 0.382 e. The van der Waals surface area contributed by atoms with Gasteiger partial charge in [0.25, 0.3) is 5.91 Å². The van der Waals surface area contributed by atoms with Gasteiger partial charge in [-0.25, -0.2) is 4.98 Å². The maximum atomic E-state index is 12.4. The summed E-state index contributed by atoms with van der Waals surface area (Å²) < 4.78 is 5.30. The molecule has 2 rings (SSSR count). The number of nitrogen functional groups attached to an aromatic ring is 1. The molecule has 0 saturated carbocycles. The highest BCUT2D eigenvalue weighted by atomic mass is 32.1. The highest BCUT2D eigenvalue weighted by molar-refractivity contribution is 7.18. The summed E-state index contributed by atoms with van der Waals surface area (Å²) in [5, 5.41) is 3.78. The van der Waals surface area contributed by atoms with Crippen LogP contribution >= 0.6 is 11.3 Å². The van der Waals surface area contributed by atoms with Crippen LogP contribution in [0.3, 0.4) is 0 Å². The van der Waals surface area contributed by atoms with Crippen LogP contribution in [0.1, 0.15) is 29.4 Å². The van der Waals surface area contributed by atoms with Crippen LogP contribution < -0.4 is 11.1 Å². The van der Waals surface area contributed by atoms with E-state index in [1.165, 1.54) is 11.3 Å². The van der Waals surface area contributed by atoms with Crippen molar-refractivity contribution >= 4 is 28.2 Å². The van der Waals surface area contributed by atoms with Crippen LogP contribution in [0.5, 0.6) is 0 Å². The smallest absolute Gasteiger partial charge is 0.267 e. The highest BCUT2D eigenvalue weighted by Crippen LogP contribution is 2.27. The monoisotopic (exact) mass is 284 g/mol. The number of aromatic nitrogens is 1. The zero-order chi connectivity index (χ0) is 13.8. The van der Waals surface area contributed by atoms with Crippen molar-refractivity contribution in [3.63, 3.8) is 0 Å². The van der Waals surface area contributed by atoms with Gasteiger partial charge in [0.15, 0.2) is 5.13 Å². The lowest BCUT2D eigenvalue weighted by molar-refractivity contribution is 0.0354. The molecule has 0 atom stereocenters. The van der Waals surface area contributed by atoms with Crippen molar-refractivity contribution in [2.45, 2.75) is 25.9 Å². The van der Waals surface area contributed by atoms with Gasteiger partial charge in [0.2, 0.25) is 0 Å². The van der Waals surface area contributed by atoms with Crippen LogP contribution in [0.4, 0.5) is 10.9 Å². The van der Waals surface area contributed by atoms with E-state index in [9.17, 15) is 4.79 Å². The third-order valence-electron chi connectivity index (χ3n) is 3.24. The molecular formula is C12H20N4O2S. The number of nitrogens with one attached hydrogen (secondary N) is 1. The molecule has 3 N–H and O–H groups in total. The Morgan fingerprint density at radius 2 is 2.26 bits per heavy atom. The Kier molecular flexibility index (Phi) is 4.60. The molecule has 106 valence electrons. The zero-order valence-electron chi connectivity index (χ0n) is 11.3. The number of nitrogens with two attached hydrogens (primary N) is 1. The topological polar surface area (TPSA) is 80.5 Å². The molecule has 0 bridgehead atoms. The summed E-state index contributed by atoms with van der Waals surface area (Å²) in [5.74, 6) is 0.300. The molecule has 1 aromatic heterocycles. The molecule has 7 heteroatoms. The predicted molar refractivity (Wildman–Crippen MR) is 76.6 cm³/mol. The van der Waals surface area contributed by atoms with Gasteiger partial charge in [0, 0.05) is 26.7 Å². The molecule has 2 heterocycles. The van der Waals surface area contributed by atoms with Gasteiger partial charge in [-0.2, -0.15) is 0 Å². The summed E-state index contributed by atoms with van der Waals surface area (Å²) in [6.07, 6.45) is 2.02. The van der Waals surface area contributed by atoms with Gasteiger partial charge in [-0.15, -0.1) is 0 Å². The normalized spacial score (nSPS) is 16.6. The van der Waals surface area contributed by atoms with Gasteiger partial charge < -0.3 is 20.7 Å². The summed E-state index contributed by atoms with van der Waals surface area (Å²) in [7, 11) is 1.71. The van der Waals surface area contributed by atoms with Crippen molar-refractivity contribution in [3.8, 4) is 0 Å². The maximum Gasteiger partial charge on any atom is 0.267 e. The SMILES string of the molecule is CCNc1nc(N)c(C(=O)N2CCC(OC)CC2)s1. The number of thiazole rings is 1. The average molecular weight is 284 g/mol. The van der Waals surface area contributed by atoms with Crippen molar-refractivity contribution in [3.05, 3.63) is 4.88 Å². The second kappa shape index (κ2) is 6.21. The number of ether oxygens (including phenoxy) is 1. The number of hydrogen-bond acceptors (Lipinski definition) is 6. The fourth-order valence-electron chi connectivity index (χ4n) is 2.15. The standard InChI is InChI=1S/C12H20N4O2S/c1-3-14-12-15-10(13)9(19-12)11(17)16-6-4-8(18-2)5-7-16/h8H,3-7,13H2,1-2H3,(H,14,15). The molecule has 1 saturated heterocycles. The highest BCUT2D eigenvalue weighted by Gasteiger charge is 2.26. The lowest BCUT2D eigenvalue weighted by Crippen LogP contribution is -2.40. The molecular weight excluding hydrogens is 264 g/mol. The molecule has 1 aromatic rings. The van der Waals surface area contributed by atoms with Crippen LogP contribution in [0, 0.1) is 0 Å². The Bertz CT molecular complexity index is 441. The minimum atomic E-state index is -0.0197. The number of carbonyl (C=O) groups is 1. The van der Waals surface area contributed by atoms with E-state index in [2.05, 4.69) is 10.3 Å². The van der Waals surface area contributed by atoms with E-state index in [-0.39, 0.29) is 12.0 Å². The second-order valence-corrected chi connectivity index (χ2v) is 5.49. The van der Waals surface area contributed by atoms with E-state index >= 15 is 0 Å². The molecule has 1 fully saturated rings. The van der Waals surface area contributed by atoms with E-state index < -0.39 is 0 Å². The number of rotatable bonds is 4. The van der Waals surface area contributed by atoms with Gasteiger partial charge in [-0.1, -0.05) is 11.3 Å². The van der Waals surface area contributed by atoms with E-state index in [4.69, 9.17) is 10.5 Å². The summed E-state index contributed by atoms with van der Waals surface area (Å²) >= 11 is 1.32. The first-order chi connectivity index (χ1) is 9.15. The maximum absolute atomic E-state index is 12.4. The van der Waals surface area contributed by atoms with Gasteiger partial charge in [0.1, 0.15) is 10.7 Å². The summed E-state index contributed by atoms with van der Waals surface area (Å²) in [5.41, 5.74) is 5.82. The van der Waals surface area contributed by atoms with Crippen molar-refractivity contribution in [1.29, 1.82) is 0 Å². The molecule has 0 spiro atoms.